The van der Waals surface area contributed by atoms with E-state index in [0.29, 0.717) is 11.4 Å². The van der Waals surface area contributed by atoms with Crippen molar-refractivity contribution >= 4 is 11.6 Å². The highest BCUT2D eigenvalue weighted by molar-refractivity contribution is 6.31. The van der Waals surface area contributed by atoms with Crippen LogP contribution >= 0.6 is 11.6 Å². The molecule has 1 aromatic rings. The van der Waals surface area contributed by atoms with Crippen molar-refractivity contribution in [2.24, 2.45) is 5.73 Å². The first kappa shape index (κ1) is 15.7. The fourth-order valence-electron chi connectivity index (χ4n) is 2.86. The van der Waals surface area contributed by atoms with Crippen molar-refractivity contribution < 1.29 is 4.39 Å². The van der Waals surface area contributed by atoms with Crippen LogP contribution in [0.5, 0.6) is 0 Å². The van der Waals surface area contributed by atoms with Crippen molar-refractivity contribution in [1.82, 2.24) is 9.80 Å². The Morgan fingerprint density at radius 3 is 2.90 bits per heavy atom. The van der Waals surface area contributed by atoms with Gasteiger partial charge < -0.3 is 15.5 Å². The van der Waals surface area contributed by atoms with E-state index >= 15 is 0 Å². The van der Waals surface area contributed by atoms with Crippen molar-refractivity contribution in [3.05, 3.63) is 34.6 Å². The summed E-state index contributed by atoms with van der Waals surface area (Å²) in [6, 6.07) is 4.68. The molecule has 0 radical (unpaired) electrons. The van der Waals surface area contributed by atoms with Crippen molar-refractivity contribution in [3.63, 3.8) is 0 Å². The highest BCUT2D eigenvalue weighted by atomic mass is 35.5. The largest absolute Gasteiger partial charge is 0.326 e. The zero-order valence-corrected chi connectivity index (χ0v) is 12.9. The third-order valence-corrected chi connectivity index (χ3v) is 4.44. The minimum absolute atomic E-state index is 0.0557. The van der Waals surface area contributed by atoms with Crippen LogP contribution < -0.4 is 5.73 Å². The van der Waals surface area contributed by atoms with Gasteiger partial charge in [0.05, 0.1) is 0 Å². The zero-order valence-electron chi connectivity index (χ0n) is 12.1. The van der Waals surface area contributed by atoms with Crippen molar-refractivity contribution in [2.75, 3.05) is 33.7 Å². The molecule has 0 saturated carbocycles. The molecule has 2 atom stereocenters. The van der Waals surface area contributed by atoms with Gasteiger partial charge in [-0.2, -0.15) is 0 Å². The summed E-state index contributed by atoms with van der Waals surface area (Å²) in [7, 11) is 4.23. The Balaban J connectivity index is 2.09. The maximum absolute atomic E-state index is 13.3. The minimum Gasteiger partial charge on any atom is -0.326 e. The van der Waals surface area contributed by atoms with Crippen LogP contribution in [0.4, 0.5) is 4.39 Å². The molecule has 2 N–H and O–H groups in total. The molecule has 3 nitrogen and oxygen atoms in total. The van der Waals surface area contributed by atoms with Gasteiger partial charge in [-0.15, -0.1) is 0 Å². The van der Waals surface area contributed by atoms with Crippen molar-refractivity contribution in [2.45, 2.75) is 24.9 Å². The van der Waals surface area contributed by atoms with Gasteiger partial charge in [0.25, 0.3) is 0 Å². The summed E-state index contributed by atoms with van der Waals surface area (Å²) < 4.78 is 13.3. The summed E-state index contributed by atoms with van der Waals surface area (Å²) in [5.41, 5.74) is 7.16. The molecule has 1 aromatic carbocycles. The van der Waals surface area contributed by atoms with Crippen LogP contribution in [0.2, 0.25) is 5.02 Å². The molecule has 1 saturated heterocycles. The molecule has 0 aliphatic carbocycles. The van der Waals surface area contributed by atoms with E-state index in [4.69, 9.17) is 17.3 Å². The molecule has 1 fully saturated rings. The zero-order chi connectivity index (χ0) is 14.7. The number of hydrogen-bond donors (Lipinski definition) is 1. The molecule has 1 aliphatic rings. The average molecular weight is 300 g/mol. The third-order valence-electron chi connectivity index (χ3n) is 4.07. The van der Waals surface area contributed by atoms with Crippen LogP contribution in [-0.2, 0) is 6.42 Å². The summed E-state index contributed by atoms with van der Waals surface area (Å²) >= 11 is 6.13. The SMILES string of the molecule is CN1CCCN(C)C(C(N)Cc2cc(F)ccc2Cl)C1. The van der Waals surface area contributed by atoms with E-state index in [1.54, 1.807) is 6.07 Å². The van der Waals surface area contributed by atoms with E-state index in [2.05, 4.69) is 23.9 Å². The van der Waals surface area contributed by atoms with Gasteiger partial charge in [-0.3, -0.25) is 0 Å². The van der Waals surface area contributed by atoms with Crippen LogP contribution in [0.3, 0.4) is 0 Å². The lowest BCUT2D eigenvalue weighted by atomic mass is 9.99. The van der Waals surface area contributed by atoms with Gasteiger partial charge in [-0.05, 0) is 63.8 Å². The summed E-state index contributed by atoms with van der Waals surface area (Å²) in [5.74, 6) is -0.261. The van der Waals surface area contributed by atoms with Crippen LogP contribution in [0.1, 0.15) is 12.0 Å². The Morgan fingerprint density at radius 2 is 2.15 bits per heavy atom. The van der Waals surface area contributed by atoms with Gasteiger partial charge in [0.1, 0.15) is 5.82 Å². The lowest BCUT2D eigenvalue weighted by Gasteiger charge is -2.32. The Morgan fingerprint density at radius 1 is 1.40 bits per heavy atom. The quantitative estimate of drug-likeness (QED) is 0.926. The maximum Gasteiger partial charge on any atom is 0.123 e. The lowest BCUT2D eigenvalue weighted by Crippen LogP contribution is -2.51. The molecule has 1 heterocycles. The monoisotopic (exact) mass is 299 g/mol. The van der Waals surface area contributed by atoms with Gasteiger partial charge in [0, 0.05) is 23.7 Å². The minimum atomic E-state index is -0.261. The van der Waals surface area contributed by atoms with Gasteiger partial charge in [0.15, 0.2) is 0 Å². The van der Waals surface area contributed by atoms with E-state index in [-0.39, 0.29) is 17.9 Å². The van der Waals surface area contributed by atoms with Crippen LogP contribution in [0.25, 0.3) is 0 Å². The standard InChI is InChI=1S/C15H23ClFN3/c1-19-6-3-7-20(2)15(10-19)14(18)9-11-8-12(17)4-5-13(11)16/h4-5,8,14-15H,3,6-7,9-10,18H2,1-2H3. The van der Waals surface area contributed by atoms with E-state index in [1.807, 2.05) is 0 Å². The Kier molecular flexibility index (Phi) is 5.38. The molecule has 0 spiro atoms. The molecular weight excluding hydrogens is 277 g/mol. The molecule has 0 bridgehead atoms. The first-order chi connectivity index (χ1) is 9.47. The second-order valence-electron chi connectivity index (χ2n) is 5.77. The fourth-order valence-corrected chi connectivity index (χ4v) is 3.05. The molecular formula is C15H23ClFN3. The number of hydrogen-bond acceptors (Lipinski definition) is 3. The Labute approximate surface area is 125 Å². The number of halogens is 2. The lowest BCUT2D eigenvalue weighted by molar-refractivity contribution is 0.195. The number of nitrogens with zero attached hydrogens (tertiary/aromatic N) is 2. The number of benzene rings is 1. The number of likely N-dealkylation sites (N-methyl/N-ethyl adjacent to an activating group) is 2. The average Bonchev–Trinajstić information content (AvgIpc) is 2.55. The molecule has 20 heavy (non-hydrogen) atoms. The van der Waals surface area contributed by atoms with Crippen molar-refractivity contribution in [1.29, 1.82) is 0 Å². The van der Waals surface area contributed by atoms with E-state index in [1.165, 1.54) is 12.1 Å². The first-order valence-corrected chi connectivity index (χ1v) is 7.43. The highest BCUT2D eigenvalue weighted by Crippen LogP contribution is 2.20. The van der Waals surface area contributed by atoms with E-state index in [0.717, 1.165) is 31.6 Å². The second-order valence-corrected chi connectivity index (χ2v) is 6.17. The molecule has 2 rings (SSSR count). The topological polar surface area (TPSA) is 32.5 Å². The molecule has 0 amide bonds. The van der Waals surface area contributed by atoms with Gasteiger partial charge in [0.2, 0.25) is 0 Å². The highest BCUT2D eigenvalue weighted by Gasteiger charge is 2.26. The molecule has 2 unspecified atom stereocenters. The van der Waals surface area contributed by atoms with E-state index in [9.17, 15) is 4.39 Å². The third kappa shape index (κ3) is 3.92. The molecule has 0 aromatic heterocycles. The predicted octanol–water partition coefficient (Wildman–Crippen LogP) is 1.98. The summed E-state index contributed by atoms with van der Waals surface area (Å²) in [6.45, 7) is 3.07. The van der Waals surface area contributed by atoms with Crippen LogP contribution in [0.15, 0.2) is 18.2 Å². The normalized spacial score (nSPS) is 23.6. The predicted molar refractivity (Wildman–Crippen MR) is 81.6 cm³/mol. The fraction of sp³-hybridized carbons (Fsp3) is 0.600. The number of nitrogens with two attached hydrogens (primary N) is 1. The Hall–Kier alpha value is -0.680. The molecule has 112 valence electrons. The Bertz CT molecular complexity index is 455. The summed E-state index contributed by atoms with van der Waals surface area (Å²) in [4.78, 5) is 4.61. The number of rotatable bonds is 3. The maximum atomic E-state index is 13.3. The van der Waals surface area contributed by atoms with E-state index < -0.39 is 0 Å². The molecule has 5 heteroatoms. The first-order valence-electron chi connectivity index (χ1n) is 7.05. The van der Waals surface area contributed by atoms with Crippen LogP contribution in [0, 0.1) is 5.82 Å². The summed E-state index contributed by atoms with van der Waals surface area (Å²) in [5, 5.41) is 0.589. The molecule has 1 aliphatic heterocycles. The van der Waals surface area contributed by atoms with Gasteiger partial charge in [-0.1, -0.05) is 11.6 Å². The van der Waals surface area contributed by atoms with Crippen molar-refractivity contribution in [3.8, 4) is 0 Å². The van der Waals surface area contributed by atoms with Gasteiger partial charge >= 0.3 is 0 Å². The summed E-state index contributed by atoms with van der Waals surface area (Å²) in [6.07, 6.45) is 1.75. The van der Waals surface area contributed by atoms with Crippen LogP contribution in [-0.4, -0.2) is 55.6 Å². The second kappa shape index (κ2) is 6.85. The van der Waals surface area contributed by atoms with Gasteiger partial charge in [-0.25, -0.2) is 4.39 Å². The smallest absolute Gasteiger partial charge is 0.123 e.